The average Bonchev–Trinajstić information content (AvgIpc) is 3.21. The number of carbonyl (C=O) groups excluding carboxylic acids is 1. The molecule has 0 spiro atoms. The van der Waals surface area contributed by atoms with Crippen molar-refractivity contribution in [3.8, 4) is 0 Å². The molecule has 0 aromatic heterocycles. The van der Waals surface area contributed by atoms with Crippen LogP contribution < -0.4 is 5.32 Å². The number of fused-ring (bicyclic) bond motifs is 5. The van der Waals surface area contributed by atoms with Gasteiger partial charge in [-0.15, -0.1) is 0 Å². The molecule has 0 heterocycles. The highest BCUT2D eigenvalue weighted by atomic mass is 32.2. The van der Waals surface area contributed by atoms with Gasteiger partial charge < -0.3 is 25.2 Å². The van der Waals surface area contributed by atoms with Crippen LogP contribution in [-0.2, 0) is 14.9 Å². The van der Waals surface area contributed by atoms with Crippen molar-refractivity contribution in [2.24, 2.45) is 58.2 Å². The van der Waals surface area contributed by atoms with E-state index in [2.05, 4.69) is 33.0 Å². The van der Waals surface area contributed by atoms with Crippen LogP contribution in [0.4, 0.5) is 0 Å². The van der Waals surface area contributed by atoms with Crippen molar-refractivity contribution in [3.05, 3.63) is 0 Å². The molecule has 0 aromatic rings. The number of aliphatic hydroxyl groups is 3. The van der Waals surface area contributed by atoms with Gasteiger partial charge >= 0.3 is 0 Å². The first-order valence-corrected chi connectivity index (χ1v) is 17.9. The van der Waals surface area contributed by atoms with Gasteiger partial charge in [-0.3, -0.25) is 4.79 Å². The molecule has 0 aliphatic heterocycles. The molecular weight excluding hydrogens is 542 g/mol. The third-order valence-electron chi connectivity index (χ3n) is 12.6. The maximum absolute atomic E-state index is 12.9. The van der Waals surface area contributed by atoms with Crippen molar-refractivity contribution < 1.29 is 33.1 Å². The first kappa shape index (κ1) is 33.2. The van der Waals surface area contributed by atoms with Crippen molar-refractivity contribution >= 4 is 16.0 Å². The van der Waals surface area contributed by atoms with Gasteiger partial charge in [0.05, 0.1) is 34.2 Å². The predicted octanol–water partition coefficient (Wildman–Crippen LogP) is 4.08. The molecule has 9 heteroatoms. The Kier molecular flexibility index (Phi) is 9.98. The maximum Gasteiger partial charge on any atom is 0.220 e. The first-order valence-electron chi connectivity index (χ1n) is 16.3. The van der Waals surface area contributed by atoms with Gasteiger partial charge in [0, 0.05) is 12.5 Å². The number of amides is 1. The number of hydrogen-bond acceptors (Lipinski definition) is 7. The first-order chi connectivity index (χ1) is 19.0. The van der Waals surface area contributed by atoms with Crippen molar-refractivity contribution in [3.63, 3.8) is 0 Å². The third-order valence-corrected chi connectivity index (χ3v) is 13.4. The lowest BCUT2D eigenvalue weighted by Gasteiger charge is -2.65. The van der Waals surface area contributed by atoms with E-state index < -0.39 is 34.1 Å². The number of rotatable bonds is 10. The number of nitrogens with one attached hydrogen (secondary N) is 1. The van der Waals surface area contributed by atoms with E-state index >= 15 is 0 Å². The van der Waals surface area contributed by atoms with Gasteiger partial charge in [-0.25, -0.2) is 8.42 Å². The molecule has 4 aliphatic carbocycles. The monoisotopic (exact) mass is 598 g/mol. The van der Waals surface area contributed by atoms with E-state index in [1.165, 1.54) is 0 Å². The molecule has 1 amide bonds. The summed E-state index contributed by atoms with van der Waals surface area (Å²) in [5.74, 6) is 0.723. The minimum absolute atomic E-state index is 0.0119. The number of aliphatic hydroxyl groups excluding tert-OH is 3. The van der Waals surface area contributed by atoms with E-state index in [4.69, 9.17) is 0 Å². The normalized spacial score (nSPS) is 44.0. The van der Waals surface area contributed by atoms with Crippen molar-refractivity contribution in [1.29, 1.82) is 0 Å². The zero-order valence-electron chi connectivity index (χ0n) is 26.1. The van der Waals surface area contributed by atoms with Crippen molar-refractivity contribution in [1.82, 2.24) is 5.32 Å². The summed E-state index contributed by atoms with van der Waals surface area (Å²) in [4.78, 5) is 12.9. The Labute approximate surface area is 248 Å². The third kappa shape index (κ3) is 6.40. The Morgan fingerprint density at radius 2 is 1.71 bits per heavy atom. The van der Waals surface area contributed by atoms with Crippen LogP contribution in [0.2, 0.25) is 0 Å². The molecule has 4 rings (SSSR count). The summed E-state index contributed by atoms with van der Waals surface area (Å²) < 4.78 is 34.1. The average molecular weight is 599 g/mol. The Balaban J connectivity index is 1.47. The molecule has 41 heavy (non-hydrogen) atoms. The fourth-order valence-corrected chi connectivity index (χ4v) is 11.4. The van der Waals surface area contributed by atoms with Gasteiger partial charge in [-0.2, -0.15) is 0 Å². The molecule has 4 saturated carbocycles. The number of carbonyl (C=O) groups is 1. The van der Waals surface area contributed by atoms with Gasteiger partial charge in [-0.05, 0) is 110 Å². The smallest absolute Gasteiger partial charge is 0.220 e. The highest BCUT2D eigenvalue weighted by Gasteiger charge is 2.67. The fourth-order valence-electron chi connectivity index (χ4n) is 10.7. The second kappa shape index (κ2) is 12.3. The summed E-state index contributed by atoms with van der Waals surface area (Å²) in [5.41, 5.74) is -0.331. The lowest BCUT2D eigenvalue weighted by atomic mass is 9.41. The predicted molar refractivity (Wildman–Crippen MR) is 158 cm³/mol. The van der Waals surface area contributed by atoms with Crippen molar-refractivity contribution in [2.75, 3.05) is 5.75 Å². The van der Waals surface area contributed by atoms with Crippen LogP contribution in [0.15, 0.2) is 0 Å². The van der Waals surface area contributed by atoms with Crippen LogP contribution in [0, 0.1) is 58.2 Å². The Morgan fingerprint density at radius 1 is 1.02 bits per heavy atom. The molecule has 0 bridgehead atoms. The van der Waals surface area contributed by atoms with Crippen LogP contribution in [0.25, 0.3) is 0 Å². The second-order valence-electron chi connectivity index (χ2n) is 15.3. The molecule has 8 nitrogen and oxygen atoms in total. The van der Waals surface area contributed by atoms with E-state index in [0.717, 1.165) is 38.5 Å². The Bertz CT molecular complexity index is 1040. The lowest BCUT2D eigenvalue weighted by Crippen LogP contribution is -2.65. The van der Waals surface area contributed by atoms with Crippen LogP contribution in [-0.4, -0.2) is 64.3 Å². The quantitative estimate of drug-likeness (QED) is 0.277. The van der Waals surface area contributed by atoms with E-state index in [0.29, 0.717) is 19.3 Å². The van der Waals surface area contributed by atoms with Gasteiger partial charge in [0.25, 0.3) is 0 Å². The molecule has 0 saturated heterocycles. The van der Waals surface area contributed by atoms with E-state index in [9.17, 15) is 33.1 Å². The summed E-state index contributed by atoms with van der Waals surface area (Å²) in [5, 5.41) is 37.1. The molecule has 4 fully saturated rings. The van der Waals surface area contributed by atoms with Crippen LogP contribution in [0.1, 0.15) is 106 Å². The van der Waals surface area contributed by atoms with Crippen LogP contribution in [0.5, 0.6) is 0 Å². The lowest BCUT2D eigenvalue weighted by molar-refractivity contribution is -0.228. The molecule has 4 aliphatic rings. The molecule has 13 atom stereocenters. The molecule has 4 N–H and O–H groups in total. The van der Waals surface area contributed by atoms with Gasteiger partial charge in [0.2, 0.25) is 5.91 Å². The van der Waals surface area contributed by atoms with E-state index in [1.807, 2.05) is 13.8 Å². The van der Waals surface area contributed by atoms with Gasteiger partial charge in [0.1, 0.15) is 0 Å². The summed E-state index contributed by atoms with van der Waals surface area (Å²) in [6, 6.07) is -0.684. The molecule has 238 valence electrons. The van der Waals surface area contributed by atoms with Gasteiger partial charge in [0.15, 0.2) is 0 Å². The largest absolute Gasteiger partial charge is 0.748 e. The minimum atomic E-state index is -4.45. The molecule has 0 radical (unpaired) electrons. The molecular formula is C32H56NO7S-. The topological polar surface area (TPSA) is 147 Å². The van der Waals surface area contributed by atoms with Crippen molar-refractivity contribution in [2.45, 2.75) is 130 Å². The maximum atomic E-state index is 12.9. The van der Waals surface area contributed by atoms with E-state index in [-0.39, 0.29) is 76.6 Å². The van der Waals surface area contributed by atoms with Gasteiger partial charge in [-0.1, -0.05) is 48.0 Å². The Hall–Kier alpha value is -0.740. The molecule has 0 aromatic carbocycles. The van der Waals surface area contributed by atoms with Crippen LogP contribution >= 0.6 is 0 Å². The summed E-state index contributed by atoms with van der Waals surface area (Å²) in [6.07, 6.45) is 6.06. The minimum Gasteiger partial charge on any atom is -0.748 e. The number of hydrogen-bond donors (Lipinski definition) is 4. The zero-order chi connectivity index (χ0) is 30.5. The Morgan fingerprint density at radius 3 is 2.32 bits per heavy atom. The highest BCUT2D eigenvalue weighted by molar-refractivity contribution is 7.85. The zero-order valence-corrected chi connectivity index (χ0v) is 26.9. The highest BCUT2D eigenvalue weighted by Crippen LogP contribution is 2.69. The van der Waals surface area contributed by atoms with Crippen LogP contribution in [0.3, 0.4) is 0 Å². The SMILES string of the molecule is CC[C@H]1[C@@H](O)[C@@H]2[C@H](C[C@H](O)[C@]3(C)[C@@H]([C@H](C)CCC(=O)N[C@H](CC(C)C)CS(=O)(=O)[O-])CC[C@@H]23)[C@@]2(C)CC[C@@H](O)C[C@@H]12. The summed E-state index contributed by atoms with van der Waals surface area (Å²) >= 11 is 0. The fraction of sp³-hybridized carbons (Fsp3) is 0.969. The summed E-state index contributed by atoms with van der Waals surface area (Å²) in [7, 11) is -4.45. The second-order valence-corrected chi connectivity index (χ2v) is 16.8. The van der Waals surface area contributed by atoms with E-state index in [1.54, 1.807) is 0 Å². The summed E-state index contributed by atoms with van der Waals surface area (Å²) in [6.45, 7) is 12.8. The molecule has 0 unspecified atom stereocenters. The standard InChI is InChI=1S/C32H57NO7S/c1-7-22-25-15-21(34)12-13-31(25,5)26-16-27(35)32(6)23(9-10-24(32)29(26)30(22)37)19(4)8-11-28(36)33-20(14-18(2)3)17-41(38,39)40/h18-27,29-30,34-35,37H,7-17H2,1-6H3,(H,33,36)(H,38,39,40)/p-1/t19-,20-,21-,22-,23-,24+,25+,26+,27+,29+,30-,31+,32-/m1/s1.